The topological polar surface area (TPSA) is 81.0 Å². The van der Waals surface area contributed by atoms with Gasteiger partial charge in [0.25, 0.3) is 11.5 Å². The van der Waals surface area contributed by atoms with E-state index in [1.54, 1.807) is 16.4 Å². The minimum Gasteiger partial charge on any atom is -0.463 e. The molecular weight excluding hydrogens is 558 g/mol. The average molecular weight is 592 g/mol. The maximum atomic E-state index is 14.5. The van der Waals surface area contributed by atoms with Crippen LogP contribution in [-0.2, 0) is 14.3 Å². The van der Waals surface area contributed by atoms with E-state index < -0.39 is 12.0 Å². The Hall–Kier alpha value is -4.56. The van der Waals surface area contributed by atoms with E-state index >= 15 is 0 Å². The normalized spacial score (nSPS) is 17.3. The van der Waals surface area contributed by atoms with Crippen LogP contribution in [0.4, 0.5) is 5.69 Å². The number of hydrogen-bond donors (Lipinski definition) is 0. The zero-order valence-corrected chi connectivity index (χ0v) is 25.6. The molecule has 2 aliphatic rings. The van der Waals surface area contributed by atoms with Gasteiger partial charge in [0.15, 0.2) is 4.80 Å². The van der Waals surface area contributed by atoms with Crippen LogP contribution >= 0.6 is 11.3 Å². The van der Waals surface area contributed by atoms with E-state index in [9.17, 15) is 14.4 Å². The van der Waals surface area contributed by atoms with Crippen molar-refractivity contribution in [2.45, 2.75) is 52.6 Å². The standard InChI is InChI=1S/C35H33N3O4S/c1-6-42-34(41)28-29(23-12-8-7-9-13-23)36-35-38(30(28)24-18-16-22(17-19-24)20(2)3)33(40)31(43-35)27-25-14-10-11-15-26(25)37(21(4)5)32(27)39/h7-21,30H,6H2,1-5H3/b31-27+/t30-/m1/s1. The van der Waals surface area contributed by atoms with Gasteiger partial charge in [-0.25, -0.2) is 9.79 Å². The van der Waals surface area contributed by atoms with Gasteiger partial charge in [0.05, 0.1) is 35.2 Å². The molecule has 8 heteroatoms. The van der Waals surface area contributed by atoms with Gasteiger partial charge in [-0.15, -0.1) is 0 Å². The van der Waals surface area contributed by atoms with Gasteiger partial charge in [-0.1, -0.05) is 98.0 Å². The van der Waals surface area contributed by atoms with Gasteiger partial charge in [0, 0.05) is 17.2 Å². The second-order valence-electron chi connectivity index (χ2n) is 11.2. The van der Waals surface area contributed by atoms with Gasteiger partial charge < -0.3 is 9.64 Å². The third kappa shape index (κ3) is 4.76. The number of carbonyl (C=O) groups is 2. The second kappa shape index (κ2) is 11.3. The molecule has 3 heterocycles. The fourth-order valence-corrected chi connectivity index (χ4v) is 6.93. The molecule has 1 amide bonds. The number of esters is 1. The van der Waals surface area contributed by atoms with Crippen molar-refractivity contribution in [2.24, 2.45) is 4.99 Å². The molecule has 6 rings (SSSR count). The summed E-state index contributed by atoms with van der Waals surface area (Å²) in [7, 11) is 0. The molecule has 0 aliphatic carbocycles. The summed E-state index contributed by atoms with van der Waals surface area (Å²) in [5.41, 5.74) is 4.89. The van der Waals surface area contributed by atoms with Crippen LogP contribution < -0.4 is 19.8 Å². The zero-order chi connectivity index (χ0) is 30.4. The summed E-state index contributed by atoms with van der Waals surface area (Å²) in [6, 6.07) is 24.1. The van der Waals surface area contributed by atoms with Crippen molar-refractivity contribution in [3.63, 3.8) is 0 Å². The molecule has 0 radical (unpaired) electrons. The fourth-order valence-electron chi connectivity index (χ4n) is 5.84. The lowest BCUT2D eigenvalue weighted by molar-refractivity contribution is -0.138. The first kappa shape index (κ1) is 28.6. The number of aromatic nitrogens is 1. The minimum atomic E-state index is -0.797. The molecule has 3 aromatic carbocycles. The number of amides is 1. The Kier molecular flexibility index (Phi) is 7.48. The predicted octanol–water partition coefficient (Wildman–Crippen LogP) is 5.18. The zero-order valence-electron chi connectivity index (χ0n) is 24.8. The van der Waals surface area contributed by atoms with Crippen molar-refractivity contribution in [2.75, 3.05) is 11.5 Å². The number of thiazole rings is 1. The van der Waals surface area contributed by atoms with Gasteiger partial charge in [0.2, 0.25) is 0 Å². The summed E-state index contributed by atoms with van der Waals surface area (Å²) >= 11 is 1.19. The number of hydrogen-bond acceptors (Lipinski definition) is 6. The Morgan fingerprint density at radius 3 is 2.26 bits per heavy atom. The molecule has 2 aliphatic heterocycles. The lowest BCUT2D eigenvalue weighted by Crippen LogP contribution is -2.41. The molecule has 0 unspecified atom stereocenters. The van der Waals surface area contributed by atoms with Crippen LogP contribution in [-0.4, -0.2) is 29.1 Å². The van der Waals surface area contributed by atoms with Crippen LogP contribution in [0, 0.1) is 0 Å². The van der Waals surface area contributed by atoms with Crippen molar-refractivity contribution in [1.29, 1.82) is 0 Å². The fraction of sp³-hybridized carbons (Fsp3) is 0.257. The summed E-state index contributed by atoms with van der Waals surface area (Å²) in [6.07, 6.45) is 0. The van der Waals surface area contributed by atoms with Crippen LogP contribution in [0.2, 0.25) is 0 Å². The summed E-state index contributed by atoms with van der Waals surface area (Å²) in [6.45, 7) is 10.1. The van der Waals surface area contributed by atoms with Crippen molar-refractivity contribution >= 4 is 40.2 Å². The molecule has 7 nitrogen and oxygen atoms in total. The number of benzene rings is 3. The Morgan fingerprint density at radius 1 is 0.930 bits per heavy atom. The van der Waals surface area contributed by atoms with Crippen molar-refractivity contribution in [3.05, 3.63) is 126 Å². The maximum absolute atomic E-state index is 14.5. The Balaban J connectivity index is 1.70. The summed E-state index contributed by atoms with van der Waals surface area (Å²) < 4.78 is 7.44. The van der Waals surface area contributed by atoms with Crippen molar-refractivity contribution < 1.29 is 14.3 Å². The van der Waals surface area contributed by atoms with Crippen LogP contribution in [0.15, 0.2) is 94.2 Å². The molecule has 43 heavy (non-hydrogen) atoms. The third-order valence-electron chi connectivity index (χ3n) is 7.88. The summed E-state index contributed by atoms with van der Waals surface area (Å²) in [5.74, 6) is -0.434. The van der Waals surface area contributed by atoms with E-state index in [1.165, 1.54) is 11.3 Å². The highest BCUT2D eigenvalue weighted by atomic mass is 32.1. The monoisotopic (exact) mass is 591 g/mol. The average Bonchev–Trinajstić information content (AvgIpc) is 3.49. The molecule has 0 fully saturated rings. The molecule has 0 N–H and O–H groups in total. The molecule has 218 valence electrons. The van der Waals surface area contributed by atoms with E-state index in [-0.39, 0.29) is 29.7 Å². The number of anilines is 1. The first-order valence-electron chi connectivity index (χ1n) is 14.6. The molecule has 1 atom stereocenters. The number of carbonyl (C=O) groups excluding carboxylic acids is 2. The highest BCUT2D eigenvalue weighted by Gasteiger charge is 2.38. The van der Waals surface area contributed by atoms with E-state index in [1.807, 2.05) is 92.7 Å². The lowest BCUT2D eigenvalue weighted by Gasteiger charge is -2.26. The van der Waals surface area contributed by atoms with Gasteiger partial charge in [-0.3, -0.25) is 14.2 Å². The van der Waals surface area contributed by atoms with Crippen LogP contribution in [0.1, 0.15) is 68.8 Å². The molecule has 4 aromatic rings. The molecule has 0 bridgehead atoms. The second-order valence-corrected chi connectivity index (χ2v) is 12.2. The quantitative estimate of drug-likeness (QED) is 0.289. The highest BCUT2D eigenvalue weighted by molar-refractivity contribution is 7.07. The van der Waals surface area contributed by atoms with E-state index in [0.29, 0.717) is 26.5 Å². The summed E-state index contributed by atoms with van der Waals surface area (Å²) in [5, 5.41) is 0. The van der Waals surface area contributed by atoms with E-state index in [2.05, 4.69) is 13.8 Å². The largest absolute Gasteiger partial charge is 0.463 e. The molecule has 0 saturated carbocycles. The molecular formula is C35H33N3O4S. The first-order chi connectivity index (χ1) is 20.7. The first-order valence-corrected chi connectivity index (χ1v) is 15.4. The van der Waals surface area contributed by atoms with Crippen LogP contribution in [0.3, 0.4) is 0 Å². The van der Waals surface area contributed by atoms with E-state index in [4.69, 9.17) is 9.73 Å². The van der Waals surface area contributed by atoms with E-state index in [0.717, 1.165) is 27.9 Å². The highest BCUT2D eigenvalue weighted by Crippen LogP contribution is 2.38. The molecule has 0 saturated heterocycles. The van der Waals surface area contributed by atoms with Crippen LogP contribution in [0.25, 0.3) is 11.3 Å². The van der Waals surface area contributed by atoms with Gasteiger partial charge in [0.1, 0.15) is 4.53 Å². The number of rotatable bonds is 6. The molecule has 0 spiro atoms. The van der Waals surface area contributed by atoms with Crippen LogP contribution in [0.5, 0.6) is 0 Å². The third-order valence-corrected chi connectivity index (χ3v) is 8.93. The van der Waals surface area contributed by atoms with Gasteiger partial charge >= 0.3 is 5.97 Å². The van der Waals surface area contributed by atoms with Gasteiger partial charge in [-0.05, 0) is 43.9 Å². The smallest absolute Gasteiger partial charge is 0.338 e. The predicted molar refractivity (Wildman–Crippen MR) is 170 cm³/mol. The Labute approximate surface area is 254 Å². The minimum absolute atomic E-state index is 0.0952. The number of fused-ring (bicyclic) bond motifs is 2. The lowest BCUT2D eigenvalue weighted by atomic mass is 9.91. The number of ether oxygens (including phenoxy) is 1. The summed E-state index contributed by atoms with van der Waals surface area (Å²) in [4.78, 5) is 49.2. The van der Waals surface area contributed by atoms with Gasteiger partial charge in [-0.2, -0.15) is 0 Å². The SMILES string of the molecule is CCOC(=O)C1=C(c2ccccc2)N=c2s/c(=C3/C(=O)N(C(C)C)c4ccccc43)c(=O)n2[C@@H]1c1ccc(C(C)C)cc1. The Bertz CT molecular complexity index is 1950. The van der Waals surface area contributed by atoms with Crippen molar-refractivity contribution in [1.82, 2.24) is 4.57 Å². The number of nitrogens with zero attached hydrogens (tertiary/aromatic N) is 3. The number of para-hydroxylation sites is 1. The maximum Gasteiger partial charge on any atom is 0.338 e. The van der Waals surface area contributed by atoms with Crippen molar-refractivity contribution in [3.8, 4) is 0 Å². The Morgan fingerprint density at radius 2 is 1.60 bits per heavy atom. The molecule has 1 aromatic heterocycles.